The molecule has 0 saturated carbocycles. The lowest BCUT2D eigenvalue weighted by Gasteiger charge is -2.27. The summed E-state index contributed by atoms with van der Waals surface area (Å²) >= 11 is 0. The molecule has 0 bridgehead atoms. The Kier molecular flexibility index (Phi) is 8.17. The molecule has 0 aliphatic carbocycles. The van der Waals surface area contributed by atoms with Gasteiger partial charge in [-0.15, -0.1) is 0 Å². The van der Waals surface area contributed by atoms with Gasteiger partial charge in [-0.1, -0.05) is 170 Å². The largest absolute Gasteiger partial charge is 0.455 e. The Morgan fingerprint density at radius 1 is 0.377 bits per heavy atom. The molecule has 12 rings (SSSR count). The number of nitrogens with zero attached hydrogens (tertiary/aromatic N) is 2. The second-order valence-electron chi connectivity index (χ2n) is 15.7. The molecule has 286 valence electrons. The van der Waals surface area contributed by atoms with Crippen molar-refractivity contribution in [2.75, 3.05) is 4.90 Å². The SMILES string of the molecule is c1ccc(-c2ccc(N(c3cccc(-c4ccccc4)c3)c3ccc(-c4cccc5c6ccccc6n(-c6ccccc6)c45)c4oc5ccc6ccccc6c5c34)cc2)cc1. The molecule has 0 atom stereocenters. The van der Waals surface area contributed by atoms with Crippen LogP contribution in [0.3, 0.4) is 0 Å². The van der Waals surface area contributed by atoms with Crippen molar-refractivity contribution in [2.24, 2.45) is 0 Å². The van der Waals surface area contributed by atoms with Crippen LogP contribution in [0.15, 0.2) is 235 Å². The van der Waals surface area contributed by atoms with E-state index in [2.05, 4.69) is 240 Å². The third kappa shape index (κ3) is 5.74. The van der Waals surface area contributed by atoms with Gasteiger partial charge in [0.25, 0.3) is 0 Å². The molecule has 10 aromatic carbocycles. The predicted octanol–water partition coefficient (Wildman–Crippen LogP) is 16.3. The molecular formula is C58H38N2O. The second kappa shape index (κ2) is 14.3. The van der Waals surface area contributed by atoms with E-state index in [1.165, 1.54) is 38.4 Å². The highest BCUT2D eigenvalue weighted by Gasteiger charge is 2.26. The summed E-state index contributed by atoms with van der Waals surface area (Å²) in [6.07, 6.45) is 0. The van der Waals surface area contributed by atoms with E-state index in [0.29, 0.717) is 0 Å². The van der Waals surface area contributed by atoms with Crippen molar-refractivity contribution >= 4 is 71.6 Å². The number of aromatic nitrogens is 1. The monoisotopic (exact) mass is 778 g/mol. The number of hydrogen-bond donors (Lipinski definition) is 0. The Morgan fingerprint density at radius 3 is 1.79 bits per heavy atom. The number of benzene rings is 10. The van der Waals surface area contributed by atoms with Crippen molar-refractivity contribution in [3.8, 4) is 39.1 Å². The number of fused-ring (bicyclic) bond motifs is 8. The number of rotatable bonds is 7. The number of furan rings is 1. The van der Waals surface area contributed by atoms with Gasteiger partial charge in [-0.25, -0.2) is 0 Å². The molecule has 2 aromatic heterocycles. The first-order valence-corrected chi connectivity index (χ1v) is 20.8. The molecule has 61 heavy (non-hydrogen) atoms. The summed E-state index contributed by atoms with van der Waals surface area (Å²) in [6.45, 7) is 0. The van der Waals surface area contributed by atoms with Crippen LogP contribution in [0.4, 0.5) is 17.1 Å². The van der Waals surface area contributed by atoms with E-state index >= 15 is 0 Å². The minimum absolute atomic E-state index is 0.853. The zero-order chi connectivity index (χ0) is 40.3. The van der Waals surface area contributed by atoms with Crippen molar-refractivity contribution in [3.63, 3.8) is 0 Å². The molecule has 0 spiro atoms. The van der Waals surface area contributed by atoms with Gasteiger partial charge in [-0.3, -0.25) is 0 Å². The average molecular weight is 779 g/mol. The third-order valence-corrected chi connectivity index (χ3v) is 12.2. The maximum atomic E-state index is 7.21. The smallest absolute Gasteiger partial charge is 0.145 e. The van der Waals surface area contributed by atoms with Gasteiger partial charge in [-0.05, 0) is 93.7 Å². The fraction of sp³-hybridized carbons (Fsp3) is 0. The van der Waals surface area contributed by atoms with E-state index in [-0.39, 0.29) is 0 Å². The Morgan fingerprint density at radius 2 is 1.00 bits per heavy atom. The zero-order valence-corrected chi connectivity index (χ0v) is 33.2. The maximum Gasteiger partial charge on any atom is 0.145 e. The number of para-hydroxylation sites is 3. The summed E-state index contributed by atoms with van der Waals surface area (Å²) in [4.78, 5) is 2.41. The van der Waals surface area contributed by atoms with E-state index in [1.54, 1.807) is 0 Å². The molecule has 12 aromatic rings. The van der Waals surface area contributed by atoms with E-state index in [0.717, 1.165) is 72.3 Å². The van der Waals surface area contributed by atoms with Crippen LogP contribution in [0.25, 0.3) is 93.6 Å². The van der Waals surface area contributed by atoms with Crippen molar-refractivity contribution in [3.05, 3.63) is 231 Å². The van der Waals surface area contributed by atoms with Gasteiger partial charge in [0.1, 0.15) is 11.2 Å². The average Bonchev–Trinajstić information content (AvgIpc) is 3.90. The van der Waals surface area contributed by atoms with Crippen LogP contribution in [0.1, 0.15) is 0 Å². The molecule has 0 saturated heterocycles. The molecule has 0 aliphatic rings. The lowest BCUT2D eigenvalue weighted by Crippen LogP contribution is -2.10. The fourth-order valence-electron chi connectivity index (χ4n) is 9.42. The summed E-state index contributed by atoms with van der Waals surface area (Å²) in [5.41, 5.74) is 15.1. The van der Waals surface area contributed by atoms with Gasteiger partial charge in [-0.2, -0.15) is 0 Å². The second-order valence-corrected chi connectivity index (χ2v) is 15.7. The van der Waals surface area contributed by atoms with Crippen molar-refractivity contribution in [2.45, 2.75) is 0 Å². The maximum absolute atomic E-state index is 7.21. The summed E-state index contributed by atoms with van der Waals surface area (Å²) in [5.74, 6) is 0. The summed E-state index contributed by atoms with van der Waals surface area (Å²) in [5, 5.41) is 6.92. The van der Waals surface area contributed by atoms with Crippen LogP contribution in [-0.2, 0) is 0 Å². The standard InChI is InChI=1S/C58H38N2O/c1-4-16-39(17-5-1)41-30-33-45(34-31-41)59(46-24-14-21-43(38-46)40-18-6-2-7-19-40)53-36-35-51(58-56(53)55-47-25-11-10-20-42(47)32-37-54(55)61-58)50-28-15-27-49-48-26-12-13-29-52(48)60(57(49)50)44-22-8-3-9-23-44/h1-38H. The van der Waals surface area contributed by atoms with Crippen LogP contribution in [-0.4, -0.2) is 4.57 Å². The fourth-order valence-corrected chi connectivity index (χ4v) is 9.42. The molecule has 0 aliphatic heterocycles. The minimum atomic E-state index is 0.853. The Balaban J connectivity index is 1.17. The highest BCUT2D eigenvalue weighted by Crippen LogP contribution is 2.50. The highest BCUT2D eigenvalue weighted by molar-refractivity contribution is 6.26. The topological polar surface area (TPSA) is 21.3 Å². The van der Waals surface area contributed by atoms with Gasteiger partial charge >= 0.3 is 0 Å². The third-order valence-electron chi connectivity index (χ3n) is 12.2. The molecule has 0 unspecified atom stereocenters. The van der Waals surface area contributed by atoms with E-state index in [1.807, 2.05) is 0 Å². The van der Waals surface area contributed by atoms with Crippen LogP contribution in [0.2, 0.25) is 0 Å². The van der Waals surface area contributed by atoms with Gasteiger partial charge in [0.15, 0.2) is 0 Å². The van der Waals surface area contributed by atoms with Crippen LogP contribution < -0.4 is 4.90 Å². The van der Waals surface area contributed by atoms with Gasteiger partial charge in [0.2, 0.25) is 0 Å². The number of anilines is 3. The van der Waals surface area contributed by atoms with E-state index in [4.69, 9.17) is 4.42 Å². The molecule has 3 heteroatoms. The van der Waals surface area contributed by atoms with E-state index in [9.17, 15) is 0 Å². The van der Waals surface area contributed by atoms with E-state index < -0.39 is 0 Å². The predicted molar refractivity (Wildman–Crippen MR) is 257 cm³/mol. The Bertz CT molecular complexity index is 3570. The van der Waals surface area contributed by atoms with Crippen molar-refractivity contribution in [1.82, 2.24) is 4.57 Å². The number of hydrogen-bond acceptors (Lipinski definition) is 2. The summed E-state index contributed by atoms with van der Waals surface area (Å²) in [7, 11) is 0. The highest BCUT2D eigenvalue weighted by atomic mass is 16.3. The Labute approximate surface area is 353 Å². The quantitative estimate of drug-likeness (QED) is 0.161. The zero-order valence-electron chi connectivity index (χ0n) is 33.2. The molecular weight excluding hydrogens is 741 g/mol. The van der Waals surface area contributed by atoms with Gasteiger partial charge < -0.3 is 13.9 Å². The molecule has 0 N–H and O–H groups in total. The lowest BCUT2D eigenvalue weighted by molar-refractivity contribution is 0.670. The van der Waals surface area contributed by atoms with Crippen LogP contribution in [0, 0.1) is 0 Å². The molecule has 2 heterocycles. The minimum Gasteiger partial charge on any atom is -0.455 e. The molecule has 0 fully saturated rings. The first kappa shape index (κ1) is 34.9. The first-order valence-electron chi connectivity index (χ1n) is 20.8. The first-order chi connectivity index (χ1) is 30.3. The van der Waals surface area contributed by atoms with Gasteiger partial charge in [0.05, 0.1) is 22.1 Å². The van der Waals surface area contributed by atoms with Crippen molar-refractivity contribution < 1.29 is 4.42 Å². The molecule has 0 radical (unpaired) electrons. The summed E-state index contributed by atoms with van der Waals surface area (Å²) < 4.78 is 9.62. The van der Waals surface area contributed by atoms with Crippen LogP contribution >= 0.6 is 0 Å². The lowest BCUT2D eigenvalue weighted by atomic mass is 9.96. The normalized spacial score (nSPS) is 11.6. The van der Waals surface area contributed by atoms with Crippen LogP contribution in [0.5, 0.6) is 0 Å². The van der Waals surface area contributed by atoms with Crippen molar-refractivity contribution in [1.29, 1.82) is 0 Å². The Hall–Kier alpha value is -8.14. The van der Waals surface area contributed by atoms with Gasteiger partial charge in [0, 0.05) is 44.3 Å². The molecule has 3 nitrogen and oxygen atoms in total. The summed E-state index contributed by atoms with van der Waals surface area (Å²) in [6, 6.07) is 82.7. The molecule has 0 amide bonds.